The van der Waals surface area contributed by atoms with Crippen molar-refractivity contribution in [3.63, 3.8) is 0 Å². The van der Waals surface area contributed by atoms with Crippen LogP contribution in [0.5, 0.6) is 5.75 Å². The SMILES string of the molecule is Cc1cccc(OCc2nnc(SCc3noc(-c4ccc(F)cc4)n3)o2)c1. The second kappa shape index (κ2) is 8.22. The summed E-state index contributed by atoms with van der Waals surface area (Å²) in [5.74, 6) is 1.99. The van der Waals surface area contributed by atoms with Crippen molar-refractivity contribution in [2.45, 2.75) is 24.5 Å². The maximum absolute atomic E-state index is 13.0. The molecule has 0 amide bonds. The van der Waals surface area contributed by atoms with Crippen LogP contribution < -0.4 is 4.74 Å². The molecule has 0 fully saturated rings. The highest BCUT2D eigenvalue weighted by atomic mass is 32.2. The Morgan fingerprint density at radius 1 is 1.11 bits per heavy atom. The van der Waals surface area contributed by atoms with Gasteiger partial charge < -0.3 is 13.7 Å². The first-order valence-electron chi connectivity index (χ1n) is 8.39. The summed E-state index contributed by atoms with van der Waals surface area (Å²) >= 11 is 1.29. The van der Waals surface area contributed by atoms with Crippen LogP contribution >= 0.6 is 11.8 Å². The predicted octanol–water partition coefficient (Wildman–Crippen LogP) is 4.44. The van der Waals surface area contributed by atoms with Crippen molar-refractivity contribution < 1.29 is 18.1 Å². The Morgan fingerprint density at radius 3 is 2.79 bits per heavy atom. The lowest BCUT2D eigenvalue weighted by Gasteiger charge is -2.03. The molecule has 0 aliphatic heterocycles. The van der Waals surface area contributed by atoms with Crippen molar-refractivity contribution in [3.05, 3.63) is 71.6 Å². The van der Waals surface area contributed by atoms with E-state index in [1.165, 1.54) is 23.9 Å². The normalized spacial score (nSPS) is 10.9. The van der Waals surface area contributed by atoms with Crippen LogP contribution in [0.2, 0.25) is 0 Å². The molecule has 9 heteroatoms. The summed E-state index contributed by atoms with van der Waals surface area (Å²) < 4.78 is 29.4. The van der Waals surface area contributed by atoms with E-state index in [2.05, 4.69) is 20.3 Å². The van der Waals surface area contributed by atoms with E-state index in [0.717, 1.165) is 11.3 Å². The smallest absolute Gasteiger partial charge is 0.277 e. The van der Waals surface area contributed by atoms with Gasteiger partial charge in [0.1, 0.15) is 11.6 Å². The first kappa shape index (κ1) is 18.2. The monoisotopic (exact) mass is 398 g/mol. The number of hydrogen-bond acceptors (Lipinski definition) is 8. The third-order valence-corrected chi connectivity index (χ3v) is 4.50. The topological polar surface area (TPSA) is 87.1 Å². The molecule has 0 bridgehead atoms. The van der Waals surface area contributed by atoms with E-state index in [1.807, 2.05) is 31.2 Å². The molecule has 4 rings (SSSR count). The lowest BCUT2D eigenvalue weighted by molar-refractivity contribution is 0.252. The first-order chi connectivity index (χ1) is 13.7. The van der Waals surface area contributed by atoms with Gasteiger partial charge in [-0.05, 0) is 48.9 Å². The minimum atomic E-state index is -0.322. The Bertz CT molecular complexity index is 1060. The second-order valence-electron chi connectivity index (χ2n) is 5.88. The number of aromatic nitrogens is 4. The van der Waals surface area contributed by atoms with Crippen LogP contribution in [0.25, 0.3) is 11.5 Å². The molecule has 2 aromatic heterocycles. The number of rotatable bonds is 7. The van der Waals surface area contributed by atoms with Crippen molar-refractivity contribution in [3.8, 4) is 17.2 Å². The number of halogens is 1. The fourth-order valence-electron chi connectivity index (χ4n) is 2.35. The predicted molar refractivity (Wildman–Crippen MR) is 99.1 cm³/mol. The van der Waals surface area contributed by atoms with Crippen LogP contribution in [0.4, 0.5) is 4.39 Å². The third-order valence-electron chi connectivity index (χ3n) is 3.68. The van der Waals surface area contributed by atoms with Crippen LogP contribution in [0.1, 0.15) is 17.3 Å². The standard InChI is InChI=1S/C19H15FN4O3S/c1-12-3-2-4-15(9-12)25-10-17-22-23-19(26-17)28-11-16-21-18(27-24-16)13-5-7-14(20)8-6-13/h2-9H,10-11H2,1H3. The van der Waals surface area contributed by atoms with E-state index in [-0.39, 0.29) is 12.4 Å². The average molecular weight is 398 g/mol. The Hall–Kier alpha value is -3.20. The van der Waals surface area contributed by atoms with Crippen molar-refractivity contribution in [2.75, 3.05) is 0 Å². The number of hydrogen-bond donors (Lipinski definition) is 0. The van der Waals surface area contributed by atoms with Crippen molar-refractivity contribution in [1.82, 2.24) is 20.3 Å². The minimum Gasteiger partial charge on any atom is -0.484 e. The molecule has 2 aromatic carbocycles. The zero-order valence-corrected chi connectivity index (χ0v) is 15.6. The van der Waals surface area contributed by atoms with Crippen LogP contribution in [0.3, 0.4) is 0 Å². The summed E-state index contributed by atoms with van der Waals surface area (Å²) in [4.78, 5) is 4.28. The molecule has 142 valence electrons. The average Bonchev–Trinajstić information content (AvgIpc) is 3.35. The van der Waals surface area contributed by atoms with E-state index in [0.29, 0.717) is 34.1 Å². The van der Waals surface area contributed by atoms with Gasteiger partial charge in [-0.3, -0.25) is 0 Å². The van der Waals surface area contributed by atoms with E-state index in [1.54, 1.807) is 12.1 Å². The molecule has 7 nitrogen and oxygen atoms in total. The van der Waals surface area contributed by atoms with Crippen molar-refractivity contribution in [2.24, 2.45) is 0 Å². The van der Waals surface area contributed by atoms with Gasteiger partial charge >= 0.3 is 0 Å². The molecule has 0 N–H and O–H groups in total. The highest BCUT2D eigenvalue weighted by molar-refractivity contribution is 7.98. The molecule has 0 saturated carbocycles. The van der Waals surface area contributed by atoms with Crippen molar-refractivity contribution in [1.29, 1.82) is 0 Å². The maximum Gasteiger partial charge on any atom is 0.277 e. The van der Waals surface area contributed by atoms with Crippen molar-refractivity contribution >= 4 is 11.8 Å². The molecular formula is C19H15FN4O3S. The van der Waals surface area contributed by atoms with Crippen LogP contribution in [0.15, 0.2) is 62.7 Å². The fraction of sp³-hybridized carbons (Fsp3) is 0.158. The molecule has 4 aromatic rings. The van der Waals surface area contributed by atoms with Gasteiger partial charge in [0.2, 0.25) is 0 Å². The van der Waals surface area contributed by atoms with Gasteiger partial charge in [-0.2, -0.15) is 4.98 Å². The van der Waals surface area contributed by atoms with Crippen LogP contribution in [-0.4, -0.2) is 20.3 Å². The molecule has 0 spiro atoms. The molecule has 0 aliphatic rings. The second-order valence-corrected chi connectivity index (χ2v) is 6.80. The van der Waals surface area contributed by atoms with Crippen LogP contribution in [0, 0.1) is 12.7 Å². The van der Waals surface area contributed by atoms with Gasteiger partial charge in [-0.15, -0.1) is 10.2 Å². The van der Waals surface area contributed by atoms with E-state index in [4.69, 9.17) is 13.7 Å². The van der Waals surface area contributed by atoms with E-state index >= 15 is 0 Å². The highest BCUT2D eigenvalue weighted by Gasteiger charge is 2.12. The maximum atomic E-state index is 13.0. The van der Waals surface area contributed by atoms with Crippen LogP contribution in [-0.2, 0) is 12.4 Å². The number of ether oxygens (including phenoxy) is 1. The zero-order valence-electron chi connectivity index (χ0n) is 14.8. The van der Waals surface area contributed by atoms with Gasteiger partial charge in [-0.1, -0.05) is 29.1 Å². The molecule has 0 atom stereocenters. The van der Waals surface area contributed by atoms with Gasteiger partial charge in [0.25, 0.3) is 17.0 Å². The molecule has 28 heavy (non-hydrogen) atoms. The quantitative estimate of drug-likeness (QED) is 0.422. The minimum absolute atomic E-state index is 0.188. The summed E-state index contributed by atoms with van der Waals surface area (Å²) in [6.45, 7) is 2.18. The Balaban J connectivity index is 1.31. The summed E-state index contributed by atoms with van der Waals surface area (Å²) in [5, 5.41) is 12.2. The Kier molecular flexibility index (Phi) is 5.34. The first-order valence-corrected chi connectivity index (χ1v) is 9.37. The number of aryl methyl sites for hydroxylation is 1. The van der Waals surface area contributed by atoms with E-state index < -0.39 is 0 Å². The molecule has 2 heterocycles. The van der Waals surface area contributed by atoms with Gasteiger partial charge in [0.15, 0.2) is 12.4 Å². The molecule has 0 aliphatic carbocycles. The summed E-state index contributed by atoms with van der Waals surface area (Å²) in [7, 11) is 0. The summed E-state index contributed by atoms with van der Waals surface area (Å²) in [6, 6.07) is 13.6. The summed E-state index contributed by atoms with van der Waals surface area (Å²) in [5.41, 5.74) is 1.76. The summed E-state index contributed by atoms with van der Waals surface area (Å²) in [6.07, 6.45) is 0. The molecule has 0 unspecified atom stereocenters. The van der Waals surface area contributed by atoms with Gasteiger partial charge in [0, 0.05) is 5.56 Å². The number of benzene rings is 2. The fourth-order valence-corrected chi connectivity index (χ4v) is 2.98. The largest absolute Gasteiger partial charge is 0.484 e. The lowest BCUT2D eigenvalue weighted by Crippen LogP contribution is -1.95. The Labute approximate surface area is 163 Å². The lowest BCUT2D eigenvalue weighted by atomic mass is 10.2. The number of nitrogens with zero attached hydrogens (tertiary/aromatic N) is 4. The molecular weight excluding hydrogens is 383 g/mol. The third kappa shape index (κ3) is 4.55. The Morgan fingerprint density at radius 2 is 1.96 bits per heavy atom. The number of thioether (sulfide) groups is 1. The molecule has 0 saturated heterocycles. The highest BCUT2D eigenvalue weighted by Crippen LogP contribution is 2.23. The van der Waals surface area contributed by atoms with Gasteiger partial charge in [-0.25, -0.2) is 4.39 Å². The van der Waals surface area contributed by atoms with Gasteiger partial charge in [0.05, 0.1) is 5.75 Å². The van der Waals surface area contributed by atoms with E-state index in [9.17, 15) is 4.39 Å². The zero-order chi connectivity index (χ0) is 19.3. The molecule has 0 radical (unpaired) electrons.